The van der Waals surface area contributed by atoms with Crippen molar-refractivity contribution in [3.05, 3.63) is 48.3 Å². The lowest BCUT2D eigenvalue weighted by atomic mass is 9.83. The molecular weight excluding hydrogens is 368 g/mol. The normalized spacial score (nSPS) is 20.5. The molecule has 0 unspecified atom stereocenters. The maximum Gasteiger partial charge on any atom is 0.271 e. The van der Waals surface area contributed by atoms with E-state index in [1.807, 2.05) is 40.1 Å². The second-order valence-corrected chi connectivity index (χ2v) is 7.85. The molecule has 0 bridgehead atoms. The minimum Gasteiger partial charge on any atom is -0.484 e. The SMILES string of the molecule is O=C(c1ccn[nH]1)N1CCC([C@H]2CCCCN2C(=O)COc2ccccc2)CC1. The zero-order chi connectivity index (χ0) is 20.1. The van der Waals surface area contributed by atoms with Gasteiger partial charge in [0.1, 0.15) is 11.4 Å². The first kappa shape index (κ1) is 19.5. The lowest BCUT2D eigenvalue weighted by Crippen LogP contribution is -2.52. The Labute approximate surface area is 171 Å². The number of para-hydroxylation sites is 1. The molecule has 7 heteroatoms. The quantitative estimate of drug-likeness (QED) is 0.843. The average Bonchev–Trinajstić information content (AvgIpc) is 3.33. The summed E-state index contributed by atoms with van der Waals surface area (Å²) >= 11 is 0. The van der Waals surface area contributed by atoms with Crippen LogP contribution in [0.4, 0.5) is 0 Å². The highest BCUT2D eigenvalue weighted by molar-refractivity contribution is 5.92. The van der Waals surface area contributed by atoms with E-state index in [9.17, 15) is 9.59 Å². The minimum absolute atomic E-state index is 0.00814. The van der Waals surface area contributed by atoms with Gasteiger partial charge in [0, 0.05) is 31.9 Å². The molecule has 2 amide bonds. The summed E-state index contributed by atoms with van der Waals surface area (Å²) in [6, 6.07) is 11.4. The highest BCUT2D eigenvalue weighted by Crippen LogP contribution is 2.31. The Kier molecular flexibility index (Phi) is 6.12. The van der Waals surface area contributed by atoms with Crippen LogP contribution in [0.5, 0.6) is 5.75 Å². The van der Waals surface area contributed by atoms with E-state index in [-0.39, 0.29) is 24.5 Å². The van der Waals surface area contributed by atoms with Gasteiger partial charge in [0.2, 0.25) is 0 Å². The van der Waals surface area contributed by atoms with Crippen LogP contribution in [0, 0.1) is 5.92 Å². The van der Waals surface area contributed by atoms with Crippen LogP contribution in [0.25, 0.3) is 0 Å². The first-order valence-corrected chi connectivity index (χ1v) is 10.5. The molecule has 0 radical (unpaired) electrons. The number of aromatic amines is 1. The van der Waals surface area contributed by atoms with Gasteiger partial charge in [-0.05, 0) is 56.2 Å². The Balaban J connectivity index is 1.33. The largest absolute Gasteiger partial charge is 0.484 e. The molecule has 1 aromatic heterocycles. The number of ether oxygens (including phenoxy) is 1. The molecule has 2 saturated heterocycles. The summed E-state index contributed by atoms with van der Waals surface area (Å²) < 4.78 is 5.69. The summed E-state index contributed by atoms with van der Waals surface area (Å²) in [6.07, 6.45) is 6.69. The second kappa shape index (κ2) is 9.11. The summed E-state index contributed by atoms with van der Waals surface area (Å²) in [5.41, 5.74) is 0.538. The minimum atomic E-state index is 0.00814. The maximum absolute atomic E-state index is 12.9. The zero-order valence-corrected chi connectivity index (χ0v) is 16.6. The molecule has 3 heterocycles. The smallest absolute Gasteiger partial charge is 0.271 e. The van der Waals surface area contributed by atoms with Gasteiger partial charge in [-0.3, -0.25) is 14.7 Å². The topological polar surface area (TPSA) is 78.5 Å². The van der Waals surface area contributed by atoms with Crippen LogP contribution in [0.2, 0.25) is 0 Å². The number of rotatable bonds is 5. The molecule has 2 aliphatic rings. The highest BCUT2D eigenvalue weighted by atomic mass is 16.5. The third-order valence-corrected chi connectivity index (χ3v) is 6.08. The predicted molar refractivity (Wildman–Crippen MR) is 109 cm³/mol. The number of piperidine rings is 2. The summed E-state index contributed by atoms with van der Waals surface area (Å²) in [6.45, 7) is 2.33. The Morgan fingerprint density at radius 1 is 1.03 bits per heavy atom. The van der Waals surface area contributed by atoms with Gasteiger partial charge in [0.05, 0.1) is 0 Å². The molecule has 2 fully saturated rings. The molecule has 0 aliphatic carbocycles. The number of nitrogens with one attached hydrogen (secondary N) is 1. The van der Waals surface area contributed by atoms with Gasteiger partial charge in [-0.25, -0.2) is 0 Å². The van der Waals surface area contributed by atoms with Gasteiger partial charge in [-0.1, -0.05) is 18.2 Å². The van der Waals surface area contributed by atoms with E-state index in [0.29, 0.717) is 11.6 Å². The predicted octanol–water partition coefficient (Wildman–Crippen LogP) is 2.72. The third-order valence-electron chi connectivity index (χ3n) is 6.08. The highest BCUT2D eigenvalue weighted by Gasteiger charge is 2.35. The number of amides is 2. The van der Waals surface area contributed by atoms with E-state index in [0.717, 1.165) is 57.5 Å². The third kappa shape index (κ3) is 4.60. The Morgan fingerprint density at radius 2 is 1.83 bits per heavy atom. The number of H-pyrrole nitrogens is 1. The van der Waals surface area contributed by atoms with Crippen LogP contribution in [0.1, 0.15) is 42.6 Å². The van der Waals surface area contributed by atoms with E-state index in [1.54, 1.807) is 12.3 Å². The Morgan fingerprint density at radius 3 is 2.55 bits per heavy atom. The molecule has 29 heavy (non-hydrogen) atoms. The molecule has 0 spiro atoms. The van der Waals surface area contributed by atoms with E-state index >= 15 is 0 Å². The number of likely N-dealkylation sites (tertiary alicyclic amines) is 2. The van der Waals surface area contributed by atoms with Crippen molar-refractivity contribution in [2.45, 2.75) is 38.1 Å². The number of nitrogens with zero attached hydrogens (tertiary/aromatic N) is 3. The van der Waals surface area contributed by atoms with Crippen molar-refractivity contribution >= 4 is 11.8 Å². The van der Waals surface area contributed by atoms with E-state index in [2.05, 4.69) is 10.2 Å². The molecule has 1 N–H and O–H groups in total. The standard InChI is InChI=1S/C22H28N4O3/c27-21(16-29-18-6-2-1-3-7-18)26-13-5-4-8-20(26)17-10-14-25(15-11-17)22(28)19-9-12-23-24-19/h1-3,6-7,9,12,17,20H,4-5,8,10-11,13-16H2,(H,23,24)/t20-/m1/s1. The molecule has 1 atom stereocenters. The first-order chi connectivity index (χ1) is 14.2. The summed E-state index contributed by atoms with van der Waals surface area (Å²) in [5.74, 6) is 1.23. The van der Waals surface area contributed by atoms with Crippen LogP contribution < -0.4 is 4.74 Å². The van der Waals surface area contributed by atoms with E-state index in [1.165, 1.54) is 0 Å². The molecule has 1 aromatic carbocycles. The molecule has 4 rings (SSSR count). The van der Waals surface area contributed by atoms with Gasteiger partial charge in [0.25, 0.3) is 11.8 Å². The van der Waals surface area contributed by atoms with Crippen molar-refractivity contribution in [2.24, 2.45) is 5.92 Å². The molecule has 7 nitrogen and oxygen atoms in total. The molecular formula is C22H28N4O3. The second-order valence-electron chi connectivity index (χ2n) is 7.85. The molecule has 154 valence electrons. The van der Waals surface area contributed by atoms with Crippen molar-refractivity contribution in [3.8, 4) is 5.75 Å². The fourth-order valence-corrected chi connectivity index (χ4v) is 4.53. The fraction of sp³-hybridized carbons (Fsp3) is 0.500. The van der Waals surface area contributed by atoms with Crippen LogP contribution in [0.3, 0.4) is 0 Å². The van der Waals surface area contributed by atoms with Crippen LogP contribution in [-0.4, -0.2) is 64.1 Å². The van der Waals surface area contributed by atoms with E-state index in [4.69, 9.17) is 4.74 Å². The van der Waals surface area contributed by atoms with E-state index < -0.39 is 0 Å². The van der Waals surface area contributed by atoms with Crippen molar-refractivity contribution in [2.75, 3.05) is 26.2 Å². The van der Waals surface area contributed by atoms with Gasteiger partial charge in [-0.2, -0.15) is 5.10 Å². The van der Waals surface area contributed by atoms with Crippen LogP contribution in [0.15, 0.2) is 42.6 Å². The van der Waals surface area contributed by atoms with Gasteiger partial charge in [0.15, 0.2) is 6.61 Å². The first-order valence-electron chi connectivity index (χ1n) is 10.5. The number of carbonyl (C=O) groups excluding carboxylic acids is 2. The van der Waals surface area contributed by atoms with Gasteiger partial charge < -0.3 is 14.5 Å². The number of benzene rings is 1. The number of hydrogen-bond donors (Lipinski definition) is 1. The fourth-order valence-electron chi connectivity index (χ4n) is 4.53. The van der Waals surface area contributed by atoms with Crippen LogP contribution >= 0.6 is 0 Å². The maximum atomic E-state index is 12.9. The van der Waals surface area contributed by atoms with Crippen molar-refractivity contribution in [3.63, 3.8) is 0 Å². The number of hydrogen-bond acceptors (Lipinski definition) is 4. The van der Waals surface area contributed by atoms with Crippen molar-refractivity contribution < 1.29 is 14.3 Å². The molecule has 2 aliphatic heterocycles. The summed E-state index contributed by atoms with van der Waals surface area (Å²) in [4.78, 5) is 29.3. The molecule has 2 aromatic rings. The Hall–Kier alpha value is -2.83. The number of carbonyl (C=O) groups is 2. The average molecular weight is 396 g/mol. The monoisotopic (exact) mass is 396 g/mol. The van der Waals surface area contributed by atoms with Gasteiger partial charge >= 0.3 is 0 Å². The Bertz CT molecular complexity index is 801. The zero-order valence-electron chi connectivity index (χ0n) is 16.6. The molecule has 0 saturated carbocycles. The lowest BCUT2D eigenvalue weighted by Gasteiger charge is -2.43. The van der Waals surface area contributed by atoms with Crippen molar-refractivity contribution in [1.29, 1.82) is 0 Å². The van der Waals surface area contributed by atoms with Gasteiger partial charge in [-0.15, -0.1) is 0 Å². The van der Waals surface area contributed by atoms with Crippen LogP contribution in [-0.2, 0) is 4.79 Å². The summed E-state index contributed by atoms with van der Waals surface area (Å²) in [7, 11) is 0. The number of aromatic nitrogens is 2. The lowest BCUT2D eigenvalue weighted by molar-refractivity contribution is -0.139. The van der Waals surface area contributed by atoms with Crippen molar-refractivity contribution in [1.82, 2.24) is 20.0 Å². The summed E-state index contributed by atoms with van der Waals surface area (Å²) in [5, 5.41) is 6.62.